The fourth-order valence-electron chi connectivity index (χ4n) is 2.51. The van der Waals surface area contributed by atoms with Crippen molar-refractivity contribution in [2.45, 2.75) is 35.2 Å². The number of hydrogen-bond donors (Lipinski definition) is 1. The monoisotopic (exact) mass is 458 g/mol. The zero-order chi connectivity index (χ0) is 21.9. The zero-order valence-electron chi connectivity index (χ0n) is 15.8. The Hall–Kier alpha value is -2.44. The first-order valence-electron chi connectivity index (χ1n) is 8.67. The van der Waals surface area contributed by atoms with Gasteiger partial charge in [-0.2, -0.15) is 22.9 Å². The van der Waals surface area contributed by atoms with Crippen LogP contribution in [0.1, 0.15) is 25.8 Å². The van der Waals surface area contributed by atoms with Gasteiger partial charge in [-0.3, -0.25) is 4.98 Å². The lowest BCUT2D eigenvalue weighted by atomic mass is 10.1. The van der Waals surface area contributed by atoms with Gasteiger partial charge in [0.2, 0.25) is 21.7 Å². The summed E-state index contributed by atoms with van der Waals surface area (Å²) in [5.41, 5.74) is -3.80. The number of aromatic nitrogens is 3. The van der Waals surface area contributed by atoms with Crippen molar-refractivity contribution < 1.29 is 26.1 Å². The van der Waals surface area contributed by atoms with Crippen LogP contribution in [-0.2, 0) is 10.0 Å². The normalized spacial score (nSPS) is 13.5. The zero-order valence-corrected chi connectivity index (χ0v) is 17.4. The third-order valence-corrected chi connectivity index (χ3v) is 6.16. The lowest BCUT2D eigenvalue weighted by Crippen LogP contribution is -2.32. The third-order valence-electron chi connectivity index (χ3n) is 3.96. The van der Waals surface area contributed by atoms with Crippen LogP contribution in [0.5, 0.6) is 0 Å². The fraction of sp³-hybridized carbons (Fsp3) is 0.278. The van der Waals surface area contributed by atoms with E-state index in [1.807, 2.05) is 0 Å². The molecule has 0 saturated carbocycles. The molecule has 0 bridgehead atoms. The number of pyridine rings is 1. The molecule has 0 aliphatic carbocycles. The Balaban J connectivity index is 1.82. The molecule has 2 heterocycles. The van der Waals surface area contributed by atoms with Gasteiger partial charge in [-0.1, -0.05) is 19.0 Å². The summed E-state index contributed by atoms with van der Waals surface area (Å²) in [4.78, 5) is 7.90. The van der Waals surface area contributed by atoms with Crippen LogP contribution in [0, 0.1) is 5.92 Å². The van der Waals surface area contributed by atoms with E-state index in [9.17, 15) is 21.6 Å². The van der Waals surface area contributed by atoms with Crippen LogP contribution < -0.4 is 4.72 Å². The van der Waals surface area contributed by atoms with Crippen molar-refractivity contribution in [2.24, 2.45) is 5.92 Å². The minimum Gasteiger partial charge on any atom is -0.337 e. The fourth-order valence-corrected chi connectivity index (χ4v) is 4.38. The van der Waals surface area contributed by atoms with Crippen LogP contribution in [0.4, 0.5) is 13.2 Å². The summed E-state index contributed by atoms with van der Waals surface area (Å²) < 4.78 is 70.6. The van der Waals surface area contributed by atoms with Crippen LogP contribution in [0.2, 0.25) is 0 Å². The lowest BCUT2D eigenvalue weighted by molar-refractivity contribution is -0.0328. The van der Waals surface area contributed by atoms with E-state index in [1.165, 1.54) is 0 Å². The Kier molecular flexibility index (Phi) is 6.48. The van der Waals surface area contributed by atoms with Crippen molar-refractivity contribution in [3.63, 3.8) is 0 Å². The Morgan fingerprint density at radius 2 is 1.70 bits per heavy atom. The van der Waals surface area contributed by atoms with Gasteiger partial charge in [0.05, 0.1) is 4.90 Å². The molecule has 3 rings (SSSR count). The number of sulfonamides is 1. The van der Waals surface area contributed by atoms with Gasteiger partial charge in [-0.25, -0.2) is 8.42 Å². The standard InChI is InChI=1S/C18H17F3N4O3S2/c1-11(2)15(17-23-16(24-28-17)12-7-9-22-10-8-12)25-30(26,27)14-5-3-13(4-6-14)29-18(19,20)21/h3-11,15,25H,1-2H3. The topological polar surface area (TPSA) is 98.0 Å². The molecule has 0 fully saturated rings. The highest BCUT2D eigenvalue weighted by Gasteiger charge is 2.31. The number of halogens is 3. The SMILES string of the molecule is CC(C)C(NS(=O)(=O)c1ccc(SC(F)(F)F)cc1)c1nc(-c2ccncc2)no1. The summed E-state index contributed by atoms with van der Waals surface area (Å²) >= 11 is -0.317. The molecule has 1 aromatic carbocycles. The molecule has 12 heteroatoms. The van der Waals surface area contributed by atoms with E-state index in [4.69, 9.17) is 4.52 Å². The summed E-state index contributed by atoms with van der Waals surface area (Å²) in [6.07, 6.45) is 3.13. The molecule has 30 heavy (non-hydrogen) atoms. The van der Waals surface area contributed by atoms with E-state index in [-0.39, 0.29) is 39.2 Å². The maximum atomic E-state index is 12.8. The second-order valence-corrected chi connectivity index (χ2v) is 9.41. The van der Waals surface area contributed by atoms with Crippen LogP contribution in [-0.4, -0.2) is 29.1 Å². The van der Waals surface area contributed by atoms with Crippen LogP contribution in [0.3, 0.4) is 0 Å². The van der Waals surface area contributed by atoms with Gasteiger partial charge in [-0.15, -0.1) is 0 Å². The Morgan fingerprint density at radius 3 is 2.27 bits per heavy atom. The average molecular weight is 458 g/mol. The maximum absolute atomic E-state index is 12.8. The Bertz CT molecular complexity index is 1090. The third kappa shape index (κ3) is 5.58. The minimum absolute atomic E-state index is 0.0737. The smallest absolute Gasteiger partial charge is 0.337 e. The maximum Gasteiger partial charge on any atom is 0.446 e. The molecule has 0 spiro atoms. The first-order valence-corrected chi connectivity index (χ1v) is 11.0. The van der Waals surface area contributed by atoms with Crippen LogP contribution in [0.15, 0.2) is 63.1 Å². The summed E-state index contributed by atoms with van der Waals surface area (Å²) in [7, 11) is -4.05. The predicted octanol–water partition coefficient (Wildman–Crippen LogP) is 4.42. The molecule has 1 unspecified atom stereocenters. The summed E-state index contributed by atoms with van der Waals surface area (Å²) in [5, 5.41) is 3.88. The second-order valence-electron chi connectivity index (χ2n) is 6.55. The number of rotatable bonds is 7. The summed E-state index contributed by atoms with van der Waals surface area (Å²) in [6.45, 7) is 3.54. The van der Waals surface area contributed by atoms with E-state index < -0.39 is 21.6 Å². The number of alkyl halides is 3. The molecule has 1 N–H and O–H groups in total. The summed E-state index contributed by atoms with van der Waals surface area (Å²) in [5.74, 6) is 0.112. The highest BCUT2D eigenvalue weighted by atomic mass is 32.2. The number of nitrogens with zero attached hydrogens (tertiary/aromatic N) is 3. The molecular weight excluding hydrogens is 441 g/mol. The van der Waals surface area contributed by atoms with Crippen LogP contribution >= 0.6 is 11.8 Å². The van der Waals surface area contributed by atoms with Gasteiger partial charge >= 0.3 is 5.51 Å². The predicted molar refractivity (Wildman–Crippen MR) is 104 cm³/mol. The highest BCUT2D eigenvalue weighted by molar-refractivity contribution is 8.00. The van der Waals surface area contributed by atoms with Gasteiger partial charge in [-0.05, 0) is 54.1 Å². The molecule has 0 aliphatic rings. The van der Waals surface area contributed by atoms with E-state index in [0.717, 1.165) is 24.3 Å². The lowest BCUT2D eigenvalue weighted by Gasteiger charge is -2.18. The Morgan fingerprint density at radius 1 is 1.07 bits per heavy atom. The van der Waals surface area contributed by atoms with Gasteiger partial charge in [0.1, 0.15) is 6.04 Å². The average Bonchev–Trinajstić information content (AvgIpc) is 3.16. The van der Waals surface area contributed by atoms with Crippen LogP contribution in [0.25, 0.3) is 11.4 Å². The van der Waals surface area contributed by atoms with Gasteiger partial charge in [0, 0.05) is 22.9 Å². The van der Waals surface area contributed by atoms with Crippen molar-refractivity contribution in [3.05, 3.63) is 54.7 Å². The molecule has 3 aromatic rings. The van der Waals surface area contributed by atoms with Crippen molar-refractivity contribution in [3.8, 4) is 11.4 Å². The molecule has 0 amide bonds. The van der Waals surface area contributed by atoms with Crippen molar-refractivity contribution >= 4 is 21.8 Å². The molecule has 7 nitrogen and oxygen atoms in total. The van der Waals surface area contributed by atoms with Crippen molar-refractivity contribution in [2.75, 3.05) is 0 Å². The molecule has 2 aromatic heterocycles. The largest absolute Gasteiger partial charge is 0.446 e. The molecule has 1 atom stereocenters. The quantitative estimate of drug-likeness (QED) is 0.524. The van der Waals surface area contributed by atoms with Crippen molar-refractivity contribution in [1.82, 2.24) is 19.8 Å². The number of nitrogens with one attached hydrogen (secondary N) is 1. The molecule has 0 radical (unpaired) electrons. The number of benzene rings is 1. The minimum atomic E-state index is -4.45. The van der Waals surface area contributed by atoms with E-state index >= 15 is 0 Å². The van der Waals surface area contributed by atoms with E-state index in [1.54, 1.807) is 38.4 Å². The number of hydrogen-bond acceptors (Lipinski definition) is 7. The van der Waals surface area contributed by atoms with Gasteiger partial charge < -0.3 is 4.52 Å². The number of thioether (sulfide) groups is 1. The van der Waals surface area contributed by atoms with Gasteiger partial charge in [0.25, 0.3) is 0 Å². The first-order chi connectivity index (χ1) is 14.0. The van der Waals surface area contributed by atoms with E-state index in [0.29, 0.717) is 5.56 Å². The van der Waals surface area contributed by atoms with Gasteiger partial charge in [0.15, 0.2) is 0 Å². The second kappa shape index (κ2) is 8.74. The van der Waals surface area contributed by atoms with Crippen molar-refractivity contribution in [1.29, 1.82) is 0 Å². The molecule has 160 valence electrons. The van der Waals surface area contributed by atoms with E-state index in [2.05, 4.69) is 19.8 Å². The molecular formula is C18H17F3N4O3S2. The molecule has 0 saturated heterocycles. The molecule has 0 aliphatic heterocycles. The summed E-state index contributed by atoms with van der Waals surface area (Å²) in [6, 6.07) is 6.97. The first kappa shape index (κ1) is 22.2. The Labute approximate surface area is 175 Å². The highest BCUT2D eigenvalue weighted by Crippen LogP contribution is 2.37.